The minimum atomic E-state index is -3.38. The molecule has 0 radical (unpaired) electrons. The van der Waals surface area contributed by atoms with Crippen LogP contribution in [0.15, 0.2) is 95.0 Å². The van der Waals surface area contributed by atoms with Gasteiger partial charge in [-0.25, -0.2) is 19.0 Å². The van der Waals surface area contributed by atoms with E-state index in [1.54, 1.807) is 78.9 Å². The first-order valence-electron chi connectivity index (χ1n) is 17.5. The fraction of sp³-hybridized carbons (Fsp3) is 0.342. The SMILES string of the molecule is CC(=O)COc1ccn(-c2ccc(Cl)cc2)n1.CCOP(=O)(C/C(=N\OC)C(=O)OC)OCC.CO/N=C(\C=C(\C)COc1ccn(-c2ccc(Cl)cc2)n1)C(=O)OC. The minimum absolute atomic E-state index is 0.0361. The number of rotatable bonds is 19. The number of carbonyl (C=O) groups is 3. The molecule has 0 amide bonds. The number of methoxy groups -OCH3 is 2. The van der Waals surface area contributed by atoms with Gasteiger partial charge in [0.05, 0.1) is 38.8 Å². The van der Waals surface area contributed by atoms with Crippen molar-refractivity contribution in [3.63, 3.8) is 0 Å². The number of carbonyl (C=O) groups excluding carboxylic acids is 3. The van der Waals surface area contributed by atoms with Crippen molar-refractivity contribution in [2.45, 2.75) is 27.7 Å². The molecule has 0 unspecified atom stereocenters. The van der Waals surface area contributed by atoms with Crippen molar-refractivity contribution in [3.05, 3.63) is 94.8 Å². The zero-order valence-corrected chi connectivity index (χ0v) is 36.2. The van der Waals surface area contributed by atoms with Gasteiger partial charge in [-0.3, -0.25) is 9.36 Å². The van der Waals surface area contributed by atoms with Gasteiger partial charge in [0, 0.05) is 34.6 Å². The van der Waals surface area contributed by atoms with E-state index in [4.69, 9.17) is 41.7 Å². The third-order valence-corrected chi connectivity index (χ3v) is 9.26. The van der Waals surface area contributed by atoms with E-state index in [1.165, 1.54) is 41.4 Å². The van der Waals surface area contributed by atoms with Crippen molar-refractivity contribution in [2.24, 2.45) is 10.3 Å². The Morgan fingerprint density at radius 1 is 0.695 bits per heavy atom. The Morgan fingerprint density at radius 2 is 1.15 bits per heavy atom. The maximum Gasteiger partial charge on any atom is 0.360 e. The third-order valence-electron chi connectivity index (χ3n) is 6.77. The molecular weight excluding hydrogens is 834 g/mol. The molecule has 0 bridgehead atoms. The Morgan fingerprint density at radius 3 is 1.56 bits per heavy atom. The molecule has 2 aromatic carbocycles. The lowest BCUT2D eigenvalue weighted by Crippen LogP contribution is -2.21. The maximum absolute atomic E-state index is 12.1. The standard InChI is InChI=1S/C17H18ClN3O4.C12H11ClN2O2.C9H18NO6P/c1-12(10-15(20-24-3)17(22)23-2)11-25-16-8-9-21(19-16)14-6-4-13(18)5-7-14;1-9(16)8-17-12-6-7-15(14-12)11-4-2-10(13)3-5-11;1-5-15-17(12,16-6-2)7-8(10-14-4)9(11)13-3/h4-10H,11H2,1-3H3;2-7H,8H2,1H3;5-7H2,1-4H3/b12-10-,20-15+;;10-8+. The summed E-state index contributed by atoms with van der Waals surface area (Å²) in [7, 11) is 1.71. The summed E-state index contributed by atoms with van der Waals surface area (Å²) in [5.74, 6) is -0.480. The number of Topliss-reactive ketones (excluding diaryl/α,β-unsaturated/α-hetero) is 1. The molecule has 4 rings (SSSR count). The van der Waals surface area contributed by atoms with Gasteiger partial charge in [0.1, 0.15) is 33.6 Å². The molecule has 0 spiro atoms. The second kappa shape index (κ2) is 26.5. The summed E-state index contributed by atoms with van der Waals surface area (Å²) in [5, 5.41) is 16.9. The van der Waals surface area contributed by atoms with Gasteiger partial charge < -0.3 is 37.7 Å². The largest absolute Gasteiger partial charge is 0.472 e. The van der Waals surface area contributed by atoms with Gasteiger partial charge in [0.2, 0.25) is 11.8 Å². The van der Waals surface area contributed by atoms with Gasteiger partial charge in [-0.2, -0.15) is 0 Å². The number of hydrogen-bond acceptors (Lipinski definition) is 16. The molecule has 2 heterocycles. The topological polar surface area (TPSA) is 202 Å². The highest BCUT2D eigenvalue weighted by atomic mass is 35.5. The zero-order valence-electron chi connectivity index (χ0n) is 33.8. The van der Waals surface area contributed by atoms with E-state index in [2.05, 4.69) is 39.7 Å². The molecule has 0 atom stereocenters. The van der Waals surface area contributed by atoms with E-state index in [9.17, 15) is 18.9 Å². The van der Waals surface area contributed by atoms with Crippen molar-refractivity contribution in [1.29, 1.82) is 0 Å². The van der Waals surface area contributed by atoms with Crippen LogP contribution in [0.5, 0.6) is 11.8 Å². The zero-order chi connectivity index (χ0) is 43.8. The predicted octanol–water partition coefficient (Wildman–Crippen LogP) is 6.95. The highest BCUT2D eigenvalue weighted by Crippen LogP contribution is 2.48. The quantitative estimate of drug-likeness (QED) is 0.0405. The monoisotopic (exact) mass is 880 g/mol. The smallest absolute Gasteiger partial charge is 0.360 e. The lowest BCUT2D eigenvalue weighted by molar-refractivity contribution is -0.133. The number of ketones is 1. The highest BCUT2D eigenvalue weighted by Gasteiger charge is 2.30. The molecule has 0 N–H and O–H groups in total. The number of halogens is 2. The van der Waals surface area contributed by atoms with Crippen LogP contribution in [0.25, 0.3) is 11.4 Å². The van der Waals surface area contributed by atoms with Crippen LogP contribution in [-0.2, 0) is 47.1 Å². The molecule has 0 saturated carbocycles. The van der Waals surface area contributed by atoms with Crippen LogP contribution in [0, 0.1) is 0 Å². The summed E-state index contributed by atoms with van der Waals surface area (Å²) in [6.45, 7) is 7.31. The molecule has 0 aliphatic carbocycles. The molecule has 2 aromatic heterocycles. The fourth-order valence-corrected chi connectivity index (χ4v) is 6.12. The molecule has 0 fully saturated rings. The highest BCUT2D eigenvalue weighted by molar-refractivity contribution is 7.55. The summed E-state index contributed by atoms with van der Waals surface area (Å²) < 4.78 is 45.4. The molecule has 21 heteroatoms. The average molecular weight is 882 g/mol. The maximum atomic E-state index is 12.1. The van der Waals surface area contributed by atoms with E-state index in [1.807, 2.05) is 24.3 Å². The fourth-order valence-electron chi connectivity index (χ4n) is 4.27. The van der Waals surface area contributed by atoms with E-state index in [0.29, 0.717) is 21.8 Å². The van der Waals surface area contributed by atoms with Gasteiger partial charge in [-0.1, -0.05) is 33.5 Å². The van der Waals surface area contributed by atoms with Gasteiger partial charge in [-0.15, -0.1) is 10.2 Å². The van der Waals surface area contributed by atoms with E-state index < -0.39 is 19.5 Å². The summed E-state index contributed by atoms with van der Waals surface area (Å²) in [6.07, 6.45) is 4.79. The average Bonchev–Trinajstić information content (AvgIpc) is 3.90. The van der Waals surface area contributed by atoms with Crippen molar-refractivity contribution in [2.75, 3.05) is 61.0 Å². The summed E-state index contributed by atoms with van der Waals surface area (Å²) in [4.78, 5) is 42.7. The molecule has 18 nitrogen and oxygen atoms in total. The summed E-state index contributed by atoms with van der Waals surface area (Å²) in [6, 6.07) is 18.0. The van der Waals surface area contributed by atoms with Crippen LogP contribution in [0.1, 0.15) is 27.7 Å². The molecule has 0 saturated heterocycles. The lowest BCUT2D eigenvalue weighted by atomic mass is 10.2. The van der Waals surface area contributed by atoms with Gasteiger partial charge >= 0.3 is 19.5 Å². The van der Waals surface area contributed by atoms with Gasteiger partial charge in [-0.05, 0) is 87.9 Å². The van der Waals surface area contributed by atoms with Crippen LogP contribution in [0.4, 0.5) is 0 Å². The van der Waals surface area contributed by atoms with E-state index in [-0.39, 0.29) is 49.8 Å². The van der Waals surface area contributed by atoms with Gasteiger partial charge in [0.15, 0.2) is 17.2 Å². The normalized spacial score (nSPS) is 11.6. The summed E-state index contributed by atoms with van der Waals surface area (Å²) >= 11 is 11.7. The number of hydrogen-bond donors (Lipinski definition) is 0. The third kappa shape index (κ3) is 18.3. The lowest BCUT2D eigenvalue weighted by Gasteiger charge is -2.16. The Kier molecular flexibility index (Phi) is 22.3. The van der Waals surface area contributed by atoms with Crippen LogP contribution >= 0.6 is 30.8 Å². The second-order valence-corrected chi connectivity index (χ2v) is 14.3. The first-order valence-corrected chi connectivity index (χ1v) is 20.0. The predicted molar refractivity (Wildman–Crippen MR) is 221 cm³/mol. The van der Waals surface area contributed by atoms with E-state index >= 15 is 0 Å². The Labute approximate surface area is 352 Å². The second-order valence-electron chi connectivity index (χ2n) is 11.4. The molecule has 4 aromatic rings. The van der Waals surface area contributed by atoms with Crippen LogP contribution in [-0.4, -0.2) is 110 Å². The number of oxime groups is 2. The number of esters is 2. The molecule has 59 heavy (non-hydrogen) atoms. The van der Waals surface area contributed by atoms with Crippen LogP contribution in [0.3, 0.4) is 0 Å². The van der Waals surface area contributed by atoms with Crippen LogP contribution in [0.2, 0.25) is 10.0 Å². The first-order chi connectivity index (χ1) is 28.2. The number of nitrogens with zero attached hydrogens (tertiary/aromatic N) is 6. The molecule has 0 aliphatic rings. The number of ether oxygens (including phenoxy) is 4. The molecular formula is C38H47Cl2N6O12P. The van der Waals surface area contributed by atoms with Crippen LogP contribution < -0.4 is 9.47 Å². The molecule has 0 aliphatic heterocycles. The summed E-state index contributed by atoms with van der Waals surface area (Å²) in [5.41, 5.74) is 2.42. The number of benzene rings is 2. The van der Waals surface area contributed by atoms with Crippen molar-refractivity contribution < 1.29 is 56.6 Å². The van der Waals surface area contributed by atoms with Gasteiger partial charge in [0.25, 0.3) is 0 Å². The Balaban J connectivity index is 0.000000315. The van der Waals surface area contributed by atoms with Crippen molar-refractivity contribution in [1.82, 2.24) is 19.6 Å². The Bertz CT molecular complexity index is 2060. The minimum Gasteiger partial charge on any atom is -0.472 e. The van der Waals surface area contributed by atoms with Crippen molar-refractivity contribution in [3.8, 4) is 23.1 Å². The van der Waals surface area contributed by atoms with Crippen molar-refractivity contribution >= 4 is 59.9 Å². The Hall–Kier alpha value is -5.52. The van der Waals surface area contributed by atoms with E-state index in [0.717, 1.165) is 16.9 Å². The first kappa shape index (κ1) is 49.6. The number of aromatic nitrogens is 4. The molecule has 320 valence electrons.